The second kappa shape index (κ2) is 7.47. The van der Waals surface area contributed by atoms with Gasteiger partial charge in [-0.25, -0.2) is 0 Å². The van der Waals surface area contributed by atoms with Gasteiger partial charge in [-0.1, -0.05) is 42.5 Å². The zero-order chi connectivity index (χ0) is 16.8. The molecule has 0 radical (unpaired) electrons. The van der Waals surface area contributed by atoms with Gasteiger partial charge in [0.25, 0.3) is 0 Å². The topological polar surface area (TPSA) is 33.6 Å². The molecule has 1 N–H and O–H groups in total. The van der Waals surface area contributed by atoms with Gasteiger partial charge in [-0.05, 0) is 50.2 Å². The summed E-state index contributed by atoms with van der Waals surface area (Å²) in [7, 11) is 0. The normalized spacial score (nSPS) is 10.1. The fourth-order valence-electron chi connectivity index (χ4n) is 2.33. The summed E-state index contributed by atoms with van der Waals surface area (Å²) < 4.78 is 6.14. The lowest BCUT2D eigenvalue weighted by Gasteiger charge is -2.14. The van der Waals surface area contributed by atoms with E-state index in [2.05, 4.69) is 10.3 Å². The van der Waals surface area contributed by atoms with Crippen LogP contribution in [0.25, 0.3) is 0 Å². The predicted molar refractivity (Wildman–Crippen MR) is 101 cm³/mol. The smallest absolute Gasteiger partial charge is 0.153 e. The van der Waals surface area contributed by atoms with Crippen LogP contribution in [0.1, 0.15) is 13.8 Å². The summed E-state index contributed by atoms with van der Waals surface area (Å²) >= 11 is 0. The van der Waals surface area contributed by atoms with Crippen molar-refractivity contribution in [1.29, 1.82) is 0 Å². The van der Waals surface area contributed by atoms with Crippen LogP contribution in [0.3, 0.4) is 0 Å². The Bertz CT molecular complexity index is 837. The van der Waals surface area contributed by atoms with Crippen molar-refractivity contribution in [1.82, 2.24) is 0 Å². The number of ether oxygens (including phenoxy) is 1. The van der Waals surface area contributed by atoms with Gasteiger partial charge in [-0.3, -0.25) is 4.99 Å². The lowest BCUT2D eigenvalue weighted by Crippen LogP contribution is -1.94. The molecule has 0 aromatic heterocycles. The first-order valence-corrected chi connectivity index (χ1v) is 7.92. The van der Waals surface area contributed by atoms with Gasteiger partial charge in [0.2, 0.25) is 0 Å². The molecule has 0 spiro atoms. The summed E-state index contributed by atoms with van der Waals surface area (Å²) in [5, 5.41) is 3.39. The van der Waals surface area contributed by atoms with Crippen molar-refractivity contribution in [3.63, 3.8) is 0 Å². The summed E-state index contributed by atoms with van der Waals surface area (Å²) in [5.41, 5.74) is 3.74. The van der Waals surface area contributed by atoms with E-state index in [-0.39, 0.29) is 0 Å². The number of para-hydroxylation sites is 5. The molecule has 0 amide bonds. The van der Waals surface area contributed by atoms with Crippen LogP contribution in [-0.4, -0.2) is 5.71 Å². The van der Waals surface area contributed by atoms with Crippen molar-refractivity contribution in [2.24, 2.45) is 4.99 Å². The van der Waals surface area contributed by atoms with Gasteiger partial charge in [0.05, 0.1) is 5.69 Å². The lowest BCUT2D eigenvalue weighted by molar-refractivity contribution is 0.486. The highest BCUT2D eigenvalue weighted by atomic mass is 16.5. The maximum atomic E-state index is 6.14. The monoisotopic (exact) mass is 316 g/mol. The van der Waals surface area contributed by atoms with E-state index in [1.54, 1.807) is 0 Å². The number of nitrogens with zero attached hydrogens (tertiary/aromatic N) is 1. The number of anilines is 2. The molecule has 0 aliphatic rings. The van der Waals surface area contributed by atoms with E-state index in [4.69, 9.17) is 4.74 Å². The second-order valence-corrected chi connectivity index (χ2v) is 5.62. The molecule has 0 aliphatic heterocycles. The molecule has 3 heteroatoms. The standard InChI is InChI=1S/C21H20N2O/c1-16(2)22-18-12-6-8-14-20(18)24-21-15-9-7-13-19(21)23-17-10-4-3-5-11-17/h3-15,23H,1-2H3. The van der Waals surface area contributed by atoms with E-state index in [0.29, 0.717) is 0 Å². The highest BCUT2D eigenvalue weighted by molar-refractivity contribution is 5.83. The van der Waals surface area contributed by atoms with Crippen LogP contribution in [0.2, 0.25) is 0 Å². The van der Waals surface area contributed by atoms with E-state index < -0.39 is 0 Å². The van der Waals surface area contributed by atoms with Gasteiger partial charge in [-0.2, -0.15) is 0 Å². The first-order chi connectivity index (χ1) is 11.7. The van der Waals surface area contributed by atoms with Crippen molar-refractivity contribution >= 4 is 22.8 Å². The highest BCUT2D eigenvalue weighted by Gasteiger charge is 2.08. The molecule has 0 aliphatic carbocycles. The molecular formula is C21H20N2O. The second-order valence-electron chi connectivity index (χ2n) is 5.62. The van der Waals surface area contributed by atoms with E-state index in [0.717, 1.165) is 34.3 Å². The summed E-state index contributed by atoms with van der Waals surface area (Å²) in [4.78, 5) is 4.54. The number of nitrogens with one attached hydrogen (secondary N) is 1. The summed E-state index contributed by atoms with van der Waals surface area (Å²) in [6.45, 7) is 3.95. The Morgan fingerprint density at radius 3 is 2.12 bits per heavy atom. The van der Waals surface area contributed by atoms with Crippen molar-refractivity contribution < 1.29 is 4.74 Å². The summed E-state index contributed by atoms with van der Waals surface area (Å²) in [5.74, 6) is 1.50. The highest BCUT2D eigenvalue weighted by Crippen LogP contribution is 2.36. The number of hydrogen-bond donors (Lipinski definition) is 1. The van der Waals surface area contributed by atoms with E-state index in [1.807, 2.05) is 92.7 Å². The summed E-state index contributed by atoms with van der Waals surface area (Å²) in [6, 6.07) is 25.7. The molecular weight excluding hydrogens is 296 g/mol. The maximum absolute atomic E-state index is 6.14. The van der Waals surface area contributed by atoms with Crippen LogP contribution in [0.15, 0.2) is 83.9 Å². The fourth-order valence-corrected chi connectivity index (χ4v) is 2.33. The average Bonchev–Trinajstić information content (AvgIpc) is 2.59. The third-order valence-electron chi connectivity index (χ3n) is 3.37. The molecule has 3 aromatic carbocycles. The van der Waals surface area contributed by atoms with Gasteiger partial charge >= 0.3 is 0 Å². The number of benzene rings is 3. The molecule has 0 atom stereocenters. The van der Waals surface area contributed by atoms with Gasteiger partial charge in [-0.15, -0.1) is 0 Å². The van der Waals surface area contributed by atoms with Gasteiger partial charge in [0.15, 0.2) is 11.5 Å². The van der Waals surface area contributed by atoms with Crippen LogP contribution >= 0.6 is 0 Å². The Balaban J connectivity index is 1.90. The molecule has 0 saturated carbocycles. The first-order valence-electron chi connectivity index (χ1n) is 7.92. The molecule has 0 heterocycles. The fraction of sp³-hybridized carbons (Fsp3) is 0.0952. The van der Waals surface area contributed by atoms with Crippen molar-refractivity contribution in [3.8, 4) is 11.5 Å². The van der Waals surface area contributed by atoms with E-state index >= 15 is 0 Å². The SMILES string of the molecule is CC(C)=Nc1ccccc1Oc1ccccc1Nc1ccccc1. The van der Waals surface area contributed by atoms with Gasteiger partial charge in [0, 0.05) is 11.4 Å². The van der Waals surface area contributed by atoms with Crippen LogP contribution in [0.4, 0.5) is 17.1 Å². The molecule has 3 nitrogen and oxygen atoms in total. The Morgan fingerprint density at radius 1 is 0.750 bits per heavy atom. The predicted octanol–water partition coefficient (Wildman–Crippen LogP) is 6.33. The third kappa shape index (κ3) is 4.02. The Morgan fingerprint density at radius 2 is 1.38 bits per heavy atom. The van der Waals surface area contributed by atoms with Crippen LogP contribution in [-0.2, 0) is 0 Å². The van der Waals surface area contributed by atoms with E-state index in [1.165, 1.54) is 0 Å². The molecule has 120 valence electrons. The number of aliphatic imine (C=N–C) groups is 1. The van der Waals surface area contributed by atoms with Gasteiger partial charge < -0.3 is 10.1 Å². The third-order valence-corrected chi connectivity index (χ3v) is 3.37. The van der Waals surface area contributed by atoms with E-state index in [9.17, 15) is 0 Å². The molecule has 0 bridgehead atoms. The zero-order valence-electron chi connectivity index (χ0n) is 13.9. The van der Waals surface area contributed by atoms with Crippen LogP contribution in [0.5, 0.6) is 11.5 Å². The quantitative estimate of drug-likeness (QED) is 0.558. The van der Waals surface area contributed by atoms with Crippen molar-refractivity contribution in [2.75, 3.05) is 5.32 Å². The molecule has 0 unspecified atom stereocenters. The first kappa shape index (κ1) is 15.8. The van der Waals surface area contributed by atoms with Crippen molar-refractivity contribution in [3.05, 3.63) is 78.9 Å². The average molecular weight is 316 g/mol. The Kier molecular flexibility index (Phi) is 4.92. The minimum absolute atomic E-state index is 0.737. The minimum Gasteiger partial charge on any atom is -0.453 e. The van der Waals surface area contributed by atoms with Crippen molar-refractivity contribution in [2.45, 2.75) is 13.8 Å². The van der Waals surface area contributed by atoms with Crippen LogP contribution in [0, 0.1) is 0 Å². The molecule has 24 heavy (non-hydrogen) atoms. The molecule has 3 aromatic rings. The van der Waals surface area contributed by atoms with Crippen LogP contribution < -0.4 is 10.1 Å². The number of hydrogen-bond acceptors (Lipinski definition) is 3. The Hall–Kier alpha value is -3.07. The number of rotatable bonds is 5. The minimum atomic E-state index is 0.737. The molecule has 0 saturated heterocycles. The Labute approximate surface area is 142 Å². The largest absolute Gasteiger partial charge is 0.453 e. The summed E-state index contributed by atoms with van der Waals surface area (Å²) in [6.07, 6.45) is 0. The zero-order valence-corrected chi connectivity index (χ0v) is 13.9. The van der Waals surface area contributed by atoms with Gasteiger partial charge in [0.1, 0.15) is 5.69 Å². The molecule has 3 rings (SSSR count). The maximum Gasteiger partial charge on any atom is 0.153 e. The molecule has 0 fully saturated rings. The lowest BCUT2D eigenvalue weighted by atomic mass is 10.2.